The number of hydrogen-bond donors (Lipinski definition) is 0. The van der Waals surface area contributed by atoms with E-state index in [0.29, 0.717) is 0 Å². The van der Waals surface area contributed by atoms with Crippen LogP contribution in [0.2, 0.25) is 0 Å². The number of rotatable bonds is 3. The zero-order chi connectivity index (χ0) is 21.5. The lowest BCUT2D eigenvalue weighted by atomic mass is 9.80. The molecule has 0 aromatic heterocycles. The van der Waals surface area contributed by atoms with Gasteiger partial charge in [-0.25, -0.2) is 8.42 Å². The smallest absolute Gasteiger partial charge is 0.530 e. The number of amides is 1. The van der Waals surface area contributed by atoms with Crippen LogP contribution in [0.3, 0.4) is 0 Å². The summed E-state index contributed by atoms with van der Waals surface area (Å²) in [5, 5.41) is 11.5. The summed E-state index contributed by atoms with van der Waals surface area (Å²) < 4.78 is 67.8. The van der Waals surface area contributed by atoms with Crippen molar-refractivity contribution in [1.82, 2.24) is 9.21 Å². The number of ether oxygens (including phenoxy) is 1. The fourth-order valence-corrected chi connectivity index (χ4v) is 5.28. The molecule has 0 aliphatic carbocycles. The van der Waals surface area contributed by atoms with Gasteiger partial charge in [0.15, 0.2) is 0 Å². The van der Waals surface area contributed by atoms with Gasteiger partial charge < -0.3 is 19.5 Å². The first-order chi connectivity index (χ1) is 12.6. The van der Waals surface area contributed by atoms with E-state index >= 15 is 0 Å². The second-order valence-corrected chi connectivity index (χ2v) is 9.54. The van der Waals surface area contributed by atoms with Gasteiger partial charge in [0.1, 0.15) is 11.8 Å². The summed E-state index contributed by atoms with van der Waals surface area (Å²) in [6.45, 7) is 6.83. The van der Waals surface area contributed by atoms with Crippen molar-refractivity contribution in [3.63, 3.8) is 0 Å². The molecular formula is C17H22F3N2O5S-. The normalized spacial score (nSPS) is 22.2. The van der Waals surface area contributed by atoms with Gasteiger partial charge in [-0.15, -0.1) is 13.2 Å². The van der Waals surface area contributed by atoms with E-state index in [0.717, 1.165) is 29.2 Å². The molecule has 7 nitrogen and oxygen atoms in total. The van der Waals surface area contributed by atoms with Crippen LogP contribution in [0.25, 0.3) is 0 Å². The van der Waals surface area contributed by atoms with Gasteiger partial charge in [0.25, 0.3) is 0 Å². The predicted octanol–water partition coefficient (Wildman–Crippen LogP) is 2.04. The number of piperazine rings is 1. The van der Waals surface area contributed by atoms with Crippen LogP contribution in [0.5, 0.6) is 5.75 Å². The van der Waals surface area contributed by atoms with Gasteiger partial charge in [0.2, 0.25) is 10.0 Å². The van der Waals surface area contributed by atoms with Crippen LogP contribution >= 0.6 is 0 Å². The first kappa shape index (κ1) is 22.3. The molecule has 2 rings (SSSR count). The zero-order valence-corrected chi connectivity index (χ0v) is 16.7. The van der Waals surface area contributed by atoms with Crippen LogP contribution in [0, 0.1) is 5.41 Å². The summed E-state index contributed by atoms with van der Waals surface area (Å²) in [5.74, 6) is -0.533. The van der Waals surface area contributed by atoms with Crippen LogP contribution < -0.4 is 9.84 Å². The molecular weight excluding hydrogens is 401 g/mol. The molecule has 1 amide bonds. The van der Waals surface area contributed by atoms with Gasteiger partial charge >= 0.3 is 6.36 Å². The largest absolute Gasteiger partial charge is 0.573 e. The highest BCUT2D eigenvalue weighted by Crippen LogP contribution is 2.35. The summed E-state index contributed by atoms with van der Waals surface area (Å²) in [4.78, 5) is 12.4. The second kappa shape index (κ2) is 7.43. The number of alkyl halides is 3. The fraction of sp³-hybridized carbons (Fsp3) is 0.588. The molecule has 1 saturated heterocycles. The van der Waals surface area contributed by atoms with Crippen molar-refractivity contribution in [2.75, 3.05) is 13.1 Å². The molecule has 0 bridgehead atoms. The number of nitrogens with zero attached hydrogens (tertiary/aromatic N) is 2. The lowest BCUT2D eigenvalue weighted by molar-refractivity contribution is -0.275. The average molecular weight is 423 g/mol. The summed E-state index contributed by atoms with van der Waals surface area (Å²) in [6.07, 6.45) is -6.26. The monoisotopic (exact) mass is 423 g/mol. The molecule has 1 aliphatic heterocycles. The first-order valence-corrected chi connectivity index (χ1v) is 9.94. The molecule has 2 atom stereocenters. The van der Waals surface area contributed by atoms with Gasteiger partial charge in [-0.2, -0.15) is 4.31 Å². The number of carbonyl (C=O) groups is 1. The average Bonchev–Trinajstić information content (AvgIpc) is 2.51. The second-order valence-electron chi connectivity index (χ2n) is 7.65. The molecule has 1 fully saturated rings. The zero-order valence-electron chi connectivity index (χ0n) is 15.9. The van der Waals surface area contributed by atoms with Crippen LogP contribution in [0.4, 0.5) is 18.0 Å². The lowest BCUT2D eigenvalue weighted by Gasteiger charge is -2.51. The Morgan fingerprint density at radius 1 is 1.14 bits per heavy atom. The standard InChI is InChI=1S/C17H23F3N2O5S/c1-11-14(16(2,3)4)21(15(23)24)9-10-22(11)28(25,26)13-7-5-12(6-8-13)27-17(18,19)20/h5-8,11,14H,9-10H2,1-4H3,(H,23,24)/p-1/t11-,14?/m1/s1. The predicted molar refractivity (Wildman–Crippen MR) is 91.8 cm³/mol. The van der Waals surface area contributed by atoms with Crippen molar-refractivity contribution in [2.24, 2.45) is 5.41 Å². The van der Waals surface area contributed by atoms with E-state index in [-0.39, 0.29) is 18.0 Å². The Kier molecular flexibility index (Phi) is 5.91. The number of carboxylic acid groups (broad SMARTS) is 1. The van der Waals surface area contributed by atoms with Crippen molar-refractivity contribution in [3.8, 4) is 5.75 Å². The summed E-state index contributed by atoms with van der Waals surface area (Å²) in [5.41, 5.74) is -0.571. The summed E-state index contributed by atoms with van der Waals surface area (Å²) in [7, 11) is -4.06. The highest BCUT2D eigenvalue weighted by Gasteiger charge is 2.45. The van der Waals surface area contributed by atoms with E-state index in [1.165, 1.54) is 4.31 Å². The van der Waals surface area contributed by atoms with Gasteiger partial charge in [-0.1, -0.05) is 20.8 Å². The van der Waals surface area contributed by atoms with Crippen LogP contribution in [-0.4, -0.2) is 55.3 Å². The highest BCUT2D eigenvalue weighted by molar-refractivity contribution is 7.89. The molecule has 0 radical (unpaired) electrons. The van der Waals surface area contributed by atoms with Crippen molar-refractivity contribution in [3.05, 3.63) is 24.3 Å². The molecule has 1 aliphatic rings. The maximum Gasteiger partial charge on any atom is 0.573 e. The third kappa shape index (κ3) is 4.69. The minimum absolute atomic E-state index is 0.0664. The van der Waals surface area contributed by atoms with E-state index in [9.17, 15) is 31.5 Å². The Morgan fingerprint density at radius 2 is 1.68 bits per heavy atom. The van der Waals surface area contributed by atoms with Gasteiger partial charge in [-0.05, 0) is 36.6 Å². The topological polar surface area (TPSA) is 90.0 Å². The molecule has 158 valence electrons. The quantitative estimate of drug-likeness (QED) is 0.742. The van der Waals surface area contributed by atoms with Crippen molar-refractivity contribution in [1.29, 1.82) is 0 Å². The van der Waals surface area contributed by atoms with Crippen LogP contribution in [0.15, 0.2) is 29.2 Å². The van der Waals surface area contributed by atoms with Crippen LogP contribution in [-0.2, 0) is 10.0 Å². The Balaban J connectivity index is 2.34. The molecule has 1 heterocycles. The van der Waals surface area contributed by atoms with Gasteiger partial charge in [-0.3, -0.25) is 0 Å². The number of sulfonamides is 1. The van der Waals surface area contributed by atoms with E-state index < -0.39 is 45.7 Å². The molecule has 1 unspecified atom stereocenters. The molecule has 0 saturated carbocycles. The summed E-state index contributed by atoms with van der Waals surface area (Å²) in [6, 6.07) is 2.53. The van der Waals surface area contributed by atoms with E-state index in [1.807, 2.05) is 0 Å². The molecule has 1 aromatic rings. The first-order valence-electron chi connectivity index (χ1n) is 8.50. The Labute approximate surface area is 161 Å². The van der Waals surface area contributed by atoms with E-state index in [2.05, 4.69) is 4.74 Å². The van der Waals surface area contributed by atoms with Crippen molar-refractivity contribution < 1.29 is 36.2 Å². The minimum atomic E-state index is -4.88. The van der Waals surface area contributed by atoms with Gasteiger partial charge in [0.05, 0.1) is 10.9 Å². The molecule has 28 heavy (non-hydrogen) atoms. The number of benzene rings is 1. The fourth-order valence-electron chi connectivity index (χ4n) is 3.65. The third-order valence-corrected chi connectivity index (χ3v) is 6.59. The Hall–Kier alpha value is -2.01. The maximum atomic E-state index is 13.0. The van der Waals surface area contributed by atoms with E-state index in [4.69, 9.17) is 0 Å². The molecule has 11 heteroatoms. The molecule has 0 N–H and O–H groups in total. The number of hydrogen-bond acceptors (Lipinski definition) is 5. The Morgan fingerprint density at radius 3 is 2.11 bits per heavy atom. The number of carbonyl (C=O) groups excluding carboxylic acids is 1. The highest BCUT2D eigenvalue weighted by atomic mass is 32.2. The van der Waals surface area contributed by atoms with E-state index in [1.54, 1.807) is 27.7 Å². The van der Waals surface area contributed by atoms with Crippen molar-refractivity contribution >= 4 is 16.1 Å². The van der Waals surface area contributed by atoms with Crippen molar-refractivity contribution in [2.45, 2.75) is 51.0 Å². The third-order valence-electron chi connectivity index (χ3n) is 4.59. The SMILES string of the molecule is C[C@@H]1C(C(C)(C)C)N(C(=O)[O-])CCN1S(=O)(=O)c1ccc(OC(F)(F)F)cc1. The summed E-state index contributed by atoms with van der Waals surface area (Å²) >= 11 is 0. The van der Waals surface area contributed by atoms with Crippen LogP contribution in [0.1, 0.15) is 27.7 Å². The Bertz CT molecular complexity index is 819. The lowest BCUT2D eigenvalue weighted by Crippen LogP contribution is -2.66. The minimum Gasteiger partial charge on any atom is -0.530 e. The number of halogens is 3. The molecule has 0 spiro atoms. The maximum absolute atomic E-state index is 13.0. The van der Waals surface area contributed by atoms with Gasteiger partial charge in [0, 0.05) is 19.1 Å². The molecule has 1 aromatic carbocycles.